The van der Waals surface area contributed by atoms with E-state index in [-0.39, 0.29) is 32.3 Å². The van der Waals surface area contributed by atoms with Crippen LogP contribution >= 0.6 is 0 Å². The molecule has 0 aromatic heterocycles. The second-order valence-corrected chi connectivity index (χ2v) is 13.5. The highest BCUT2D eigenvalue weighted by Crippen LogP contribution is 2.25. The maximum atomic E-state index is 12.8. The monoisotopic (exact) mass is 780 g/mol. The first kappa shape index (κ1) is 42.4. The lowest BCUT2D eigenvalue weighted by atomic mass is 10.1. The summed E-state index contributed by atoms with van der Waals surface area (Å²) in [5.74, 6) is 7.90. The third kappa shape index (κ3) is 14.7. The molecule has 0 radical (unpaired) electrons. The molecular weight excluding hydrogens is 728 g/mol. The Balaban J connectivity index is 1.07. The maximum absolute atomic E-state index is 12.8. The van der Waals surface area contributed by atoms with Crippen molar-refractivity contribution >= 4 is 17.8 Å². The molecule has 12 heteroatoms. The fourth-order valence-corrected chi connectivity index (χ4v) is 5.69. The molecule has 0 unspecified atom stereocenters. The molecule has 2 heterocycles. The molecule has 1 amide bonds. The van der Waals surface area contributed by atoms with Crippen LogP contribution in [0.1, 0.15) is 50.7 Å². The molecule has 5 rings (SSSR count). The average Bonchev–Trinajstić information content (AvgIpc) is 3.24. The minimum atomic E-state index is -0.571. The van der Waals surface area contributed by atoms with Gasteiger partial charge >= 0.3 is 12.1 Å². The third-order valence-electron chi connectivity index (χ3n) is 8.86. The number of carbonyl (C=O) groups excluding carboxylic acids is 2. The van der Waals surface area contributed by atoms with Gasteiger partial charge in [0.15, 0.2) is 0 Å². The normalized spacial score (nSPS) is 21.4. The highest BCUT2D eigenvalue weighted by Gasteiger charge is 2.31. The van der Waals surface area contributed by atoms with Gasteiger partial charge in [0.05, 0.1) is 25.3 Å². The molecule has 57 heavy (non-hydrogen) atoms. The van der Waals surface area contributed by atoms with Gasteiger partial charge in [0, 0.05) is 18.5 Å². The van der Waals surface area contributed by atoms with Gasteiger partial charge in [-0.3, -0.25) is 4.79 Å². The van der Waals surface area contributed by atoms with E-state index in [9.17, 15) is 9.59 Å². The van der Waals surface area contributed by atoms with Crippen molar-refractivity contribution in [3.63, 3.8) is 0 Å². The van der Waals surface area contributed by atoms with Crippen molar-refractivity contribution in [2.45, 2.75) is 83.1 Å². The predicted octanol–water partition coefficient (Wildman–Crippen LogP) is 7.14. The first-order valence-electron chi connectivity index (χ1n) is 19.3. The summed E-state index contributed by atoms with van der Waals surface area (Å²) >= 11 is 0. The van der Waals surface area contributed by atoms with E-state index in [1.807, 2.05) is 92.7 Å². The van der Waals surface area contributed by atoms with E-state index in [0.29, 0.717) is 42.3 Å². The molecule has 12 nitrogen and oxygen atoms in total. The number of hydrogen-bond donors (Lipinski definition) is 1. The zero-order valence-electron chi connectivity index (χ0n) is 33.0. The summed E-state index contributed by atoms with van der Waals surface area (Å²) in [5.41, 5.74) is 2.64. The molecule has 0 saturated heterocycles. The smallest absolute Gasteiger partial charge is 0.407 e. The van der Waals surface area contributed by atoms with E-state index in [0.717, 1.165) is 17.5 Å². The van der Waals surface area contributed by atoms with Crippen molar-refractivity contribution in [2.75, 3.05) is 33.5 Å². The number of alkyl carbamates (subject to hydrolysis) is 1. The number of methoxy groups -OCH3 is 1. The number of esters is 1. The number of hydrogen-bond acceptors (Lipinski definition) is 11. The Hall–Kier alpha value is -5.77. The summed E-state index contributed by atoms with van der Waals surface area (Å²) in [6.07, 6.45) is 5.90. The van der Waals surface area contributed by atoms with Crippen LogP contribution in [0.5, 0.6) is 17.2 Å². The number of rotatable bonds is 18. The fraction of sp³-hybridized carbons (Fsp3) is 0.400. The summed E-state index contributed by atoms with van der Waals surface area (Å²) in [5, 5.41) is 6.89. The largest absolute Gasteiger partial charge is 0.497 e. The molecule has 3 aromatic carbocycles. The Morgan fingerprint density at radius 1 is 0.789 bits per heavy atom. The van der Waals surface area contributed by atoms with Gasteiger partial charge < -0.3 is 43.3 Å². The maximum Gasteiger partial charge on any atom is 0.407 e. The Kier molecular flexibility index (Phi) is 16.9. The fourth-order valence-electron chi connectivity index (χ4n) is 5.69. The molecule has 0 fully saturated rings. The van der Waals surface area contributed by atoms with Crippen molar-refractivity contribution in [3.05, 3.63) is 114 Å². The van der Waals surface area contributed by atoms with Crippen LogP contribution in [0.4, 0.5) is 4.79 Å². The van der Waals surface area contributed by atoms with Crippen molar-refractivity contribution in [2.24, 2.45) is 5.16 Å². The molecule has 0 bridgehead atoms. The first-order valence-corrected chi connectivity index (χ1v) is 19.3. The summed E-state index contributed by atoms with van der Waals surface area (Å²) in [4.78, 5) is 30.6. The number of carbonyl (C=O) groups is 2. The highest BCUT2D eigenvalue weighted by molar-refractivity contribution is 5.85. The van der Waals surface area contributed by atoms with E-state index in [4.69, 9.17) is 38.0 Å². The lowest BCUT2D eigenvalue weighted by Crippen LogP contribution is -2.43. The molecule has 1 N–H and O–H groups in total. The molecule has 0 saturated carbocycles. The molecule has 3 aromatic rings. The highest BCUT2D eigenvalue weighted by atomic mass is 16.6. The molecule has 302 valence electrons. The van der Waals surface area contributed by atoms with Crippen LogP contribution in [0, 0.1) is 18.8 Å². The van der Waals surface area contributed by atoms with Gasteiger partial charge in [-0.25, -0.2) is 4.79 Å². The van der Waals surface area contributed by atoms with Gasteiger partial charge in [0.2, 0.25) is 0 Å². The lowest BCUT2D eigenvalue weighted by Gasteiger charge is -2.32. The Morgan fingerprint density at radius 2 is 1.44 bits per heavy atom. The van der Waals surface area contributed by atoms with Gasteiger partial charge in [-0.1, -0.05) is 65.9 Å². The number of nitrogens with zero attached hydrogens (tertiary/aromatic N) is 1. The van der Waals surface area contributed by atoms with Crippen molar-refractivity contribution in [3.8, 4) is 29.1 Å². The summed E-state index contributed by atoms with van der Waals surface area (Å²) < 4.78 is 41.2. The second kappa shape index (κ2) is 22.7. The van der Waals surface area contributed by atoms with Gasteiger partial charge in [-0.05, 0) is 93.4 Å². The van der Waals surface area contributed by atoms with E-state index in [1.165, 1.54) is 0 Å². The van der Waals surface area contributed by atoms with Crippen LogP contribution < -0.4 is 19.5 Å². The molecule has 0 aliphatic carbocycles. The van der Waals surface area contributed by atoms with Crippen LogP contribution in [0.2, 0.25) is 0 Å². The van der Waals surface area contributed by atoms with Gasteiger partial charge in [-0.15, -0.1) is 0 Å². The minimum absolute atomic E-state index is 0.00162. The van der Waals surface area contributed by atoms with Gasteiger partial charge in [0.1, 0.15) is 67.6 Å². The van der Waals surface area contributed by atoms with Gasteiger partial charge in [-0.2, -0.15) is 0 Å². The van der Waals surface area contributed by atoms with Gasteiger partial charge in [0.25, 0.3) is 0 Å². The standard InChI is InChI=1S/C45H52N2O10/c1-5-28-46-45(49)52-31-43-41(55-38-20-18-35(50-4)19-21-38)25-23-39(57-43)27-29-53-47-33(3)13-26-44(48)51-30-42-40(54-36-15-11-32(2)12-16-36)24-22-37(56-42)17-14-34-9-7-6-8-10-34/h6-12,15-16,18-25,37,39-43H,5,13,26-31H2,1-4H3,(H,46,49)/t37-,39+,40-,41-,42-,43-/m1/s1. The van der Waals surface area contributed by atoms with Crippen LogP contribution in [0.3, 0.4) is 0 Å². The van der Waals surface area contributed by atoms with E-state index in [1.54, 1.807) is 38.3 Å². The van der Waals surface area contributed by atoms with Crippen molar-refractivity contribution in [1.29, 1.82) is 0 Å². The molecule has 6 atom stereocenters. The summed E-state index contributed by atoms with van der Waals surface area (Å²) in [7, 11) is 1.60. The minimum Gasteiger partial charge on any atom is -0.497 e. The number of aryl methyl sites for hydroxylation is 1. The number of amides is 1. The Morgan fingerprint density at radius 3 is 2.14 bits per heavy atom. The molecule has 2 aliphatic rings. The zero-order valence-corrected chi connectivity index (χ0v) is 33.0. The van der Waals surface area contributed by atoms with E-state index >= 15 is 0 Å². The SMILES string of the molecule is CCCNC(=O)OC[C@H]1O[C@H](CCON=C(C)CCC(=O)OC[C@H]2O[C@H](C#Cc3ccccc3)C=C[C@H]2Oc2ccc(C)cc2)C=C[C@H]1Oc1ccc(OC)cc1. The Labute approximate surface area is 335 Å². The van der Waals surface area contributed by atoms with Crippen molar-refractivity contribution < 1.29 is 47.6 Å². The number of benzene rings is 3. The predicted molar refractivity (Wildman–Crippen MR) is 215 cm³/mol. The topological polar surface area (TPSA) is 132 Å². The van der Waals surface area contributed by atoms with Crippen LogP contribution in [0.25, 0.3) is 0 Å². The van der Waals surface area contributed by atoms with Crippen LogP contribution in [-0.4, -0.2) is 87.9 Å². The first-order chi connectivity index (χ1) is 27.8. The number of nitrogens with one attached hydrogen (secondary N) is 1. The average molecular weight is 781 g/mol. The van der Waals surface area contributed by atoms with Crippen LogP contribution in [0.15, 0.2) is 108 Å². The van der Waals surface area contributed by atoms with Crippen LogP contribution in [-0.2, 0) is 28.6 Å². The quantitative estimate of drug-likeness (QED) is 0.0355. The van der Waals surface area contributed by atoms with E-state index in [2.05, 4.69) is 22.3 Å². The summed E-state index contributed by atoms with van der Waals surface area (Å²) in [6, 6.07) is 24.6. The molecule has 2 aliphatic heterocycles. The number of ether oxygens (including phenoxy) is 7. The molecule has 0 spiro atoms. The molecular formula is C45H52N2O10. The Bertz CT molecular complexity index is 1850. The van der Waals surface area contributed by atoms with E-state index < -0.39 is 42.6 Å². The lowest BCUT2D eigenvalue weighted by molar-refractivity contribution is -0.151. The zero-order chi connectivity index (χ0) is 40.2. The third-order valence-corrected chi connectivity index (χ3v) is 8.86. The number of oxime groups is 1. The van der Waals surface area contributed by atoms with Crippen molar-refractivity contribution in [1.82, 2.24) is 5.32 Å². The summed E-state index contributed by atoms with van der Waals surface area (Å²) in [6.45, 7) is 6.53. The second-order valence-electron chi connectivity index (χ2n) is 13.5.